The van der Waals surface area contributed by atoms with Crippen LogP contribution < -0.4 is 0 Å². The van der Waals surface area contributed by atoms with Crippen molar-refractivity contribution in [1.29, 1.82) is 0 Å². The van der Waals surface area contributed by atoms with Gasteiger partial charge in [-0.15, -0.1) is 0 Å². The second-order valence-electron chi connectivity index (χ2n) is 4.00. The summed E-state index contributed by atoms with van der Waals surface area (Å²) in [5.74, 6) is 0.122. The number of rotatable bonds is 5. The van der Waals surface area contributed by atoms with Crippen LogP contribution >= 0.6 is 15.9 Å². The Balaban J connectivity index is 2.75. The Hall–Kier alpha value is -0.830. The Kier molecular flexibility index (Phi) is 5.53. The van der Waals surface area contributed by atoms with Crippen LogP contribution in [0.1, 0.15) is 30.6 Å². The molecule has 0 aliphatic heterocycles. The molecule has 1 aromatic carbocycles. The van der Waals surface area contributed by atoms with Crippen LogP contribution in [0.15, 0.2) is 30.3 Å². The number of hydrogen-bond donors (Lipinski definition) is 0. The van der Waals surface area contributed by atoms with Gasteiger partial charge in [0.05, 0.1) is 0 Å². The summed E-state index contributed by atoms with van der Waals surface area (Å²) in [7, 11) is 0. The van der Waals surface area contributed by atoms with Crippen molar-refractivity contribution in [3.05, 3.63) is 35.9 Å². The van der Waals surface area contributed by atoms with Crippen molar-refractivity contribution in [2.45, 2.75) is 26.3 Å². The first kappa shape index (κ1) is 13.2. The lowest BCUT2D eigenvalue weighted by Gasteiger charge is -2.26. The highest BCUT2D eigenvalue weighted by Crippen LogP contribution is 2.09. The zero-order valence-electron chi connectivity index (χ0n) is 9.82. The van der Waals surface area contributed by atoms with Crippen molar-refractivity contribution >= 4 is 21.8 Å². The number of amides is 1. The van der Waals surface area contributed by atoms with Gasteiger partial charge in [0.1, 0.15) is 0 Å². The van der Waals surface area contributed by atoms with Crippen LogP contribution in [0.4, 0.5) is 0 Å². The Labute approximate surface area is 106 Å². The van der Waals surface area contributed by atoms with Gasteiger partial charge < -0.3 is 4.90 Å². The fourth-order valence-electron chi connectivity index (χ4n) is 1.57. The van der Waals surface area contributed by atoms with Gasteiger partial charge in [-0.3, -0.25) is 4.79 Å². The number of carbonyl (C=O) groups excluding carboxylic acids is 1. The third-order valence-corrected chi connectivity index (χ3v) is 3.00. The fourth-order valence-corrected chi connectivity index (χ4v) is 1.82. The van der Waals surface area contributed by atoms with Crippen molar-refractivity contribution in [3.8, 4) is 0 Å². The second-order valence-corrected chi connectivity index (χ2v) is 4.79. The number of alkyl halides is 1. The van der Waals surface area contributed by atoms with Crippen LogP contribution in [-0.2, 0) is 0 Å². The maximum Gasteiger partial charge on any atom is 0.254 e. The smallest absolute Gasteiger partial charge is 0.254 e. The lowest BCUT2D eigenvalue weighted by atomic mass is 10.1. The Morgan fingerprint density at radius 2 is 1.94 bits per heavy atom. The van der Waals surface area contributed by atoms with Gasteiger partial charge in [-0.05, 0) is 32.4 Å². The molecule has 16 heavy (non-hydrogen) atoms. The number of benzene rings is 1. The van der Waals surface area contributed by atoms with Gasteiger partial charge in [-0.1, -0.05) is 34.1 Å². The van der Waals surface area contributed by atoms with Crippen molar-refractivity contribution in [3.63, 3.8) is 0 Å². The van der Waals surface area contributed by atoms with E-state index in [1.54, 1.807) is 0 Å². The van der Waals surface area contributed by atoms with E-state index in [0.29, 0.717) is 0 Å². The monoisotopic (exact) mass is 283 g/mol. The molecule has 0 saturated heterocycles. The van der Waals surface area contributed by atoms with Crippen LogP contribution in [-0.4, -0.2) is 28.7 Å². The average Bonchev–Trinajstić information content (AvgIpc) is 2.30. The molecule has 0 N–H and O–H groups in total. The standard InChI is InChI=1S/C13H18BrNO/c1-11(2)15(10-6-9-14)13(16)12-7-4-3-5-8-12/h3-5,7-8,11H,6,9-10H2,1-2H3. The molecule has 0 aliphatic rings. The molecule has 0 fully saturated rings. The van der Waals surface area contributed by atoms with Gasteiger partial charge in [0.2, 0.25) is 0 Å². The lowest BCUT2D eigenvalue weighted by Crippen LogP contribution is -2.37. The summed E-state index contributed by atoms with van der Waals surface area (Å²) in [6.45, 7) is 4.90. The Bertz CT molecular complexity index is 324. The molecule has 0 atom stereocenters. The van der Waals surface area contributed by atoms with E-state index >= 15 is 0 Å². The normalized spacial score (nSPS) is 10.5. The Morgan fingerprint density at radius 3 is 2.44 bits per heavy atom. The average molecular weight is 284 g/mol. The molecule has 0 unspecified atom stereocenters. The molecule has 1 aromatic rings. The molecule has 0 heterocycles. The van der Waals surface area contributed by atoms with E-state index in [-0.39, 0.29) is 11.9 Å². The first-order valence-corrected chi connectivity index (χ1v) is 6.71. The van der Waals surface area contributed by atoms with Gasteiger partial charge in [0.15, 0.2) is 0 Å². The minimum Gasteiger partial charge on any atom is -0.336 e. The molecule has 2 nitrogen and oxygen atoms in total. The van der Waals surface area contributed by atoms with Gasteiger partial charge in [0, 0.05) is 23.5 Å². The number of hydrogen-bond acceptors (Lipinski definition) is 1. The summed E-state index contributed by atoms with van der Waals surface area (Å²) in [4.78, 5) is 14.1. The first-order chi connectivity index (χ1) is 7.66. The van der Waals surface area contributed by atoms with Crippen LogP contribution in [0.25, 0.3) is 0 Å². The van der Waals surface area contributed by atoms with E-state index < -0.39 is 0 Å². The van der Waals surface area contributed by atoms with Crippen molar-refractivity contribution in [2.75, 3.05) is 11.9 Å². The predicted octanol–water partition coefficient (Wildman–Crippen LogP) is 3.32. The van der Waals surface area contributed by atoms with Crippen LogP contribution in [0.5, 0.6) is 0 Å². The molecule has 0 saturated carbocycles. The van der Waals surface area contributed by atoms with E-state index in [1.165, 1.54) is 0 Å². The van der Waals surface area contributed by atoms with Gasteiger partial charge >= 0.3 is 0 Å². The minimum atomic E-state index is 0.122. The summed E-state index contributed by atoms with van der Waals surface area (Å²) >= 11 is 3.39. The van der Waals surface area contributed by atoms with Crippen molar-refractivity contribution < 1.29 is 4.79 Å². The lowest BCUT2D eigenvalue weighted by molar-refractivity contribution is 0.0706. The first-order valence-electron chi connectivity index (χ1n) is 5.58. The molecule has 88 valence electrons. The predicted molar refractivity (Wildman–Crippen MR) is 71.0 cm³/mol. The van der Waals surface area contributed by atoms with Crippen LogP contribution in [0.2, 0.25) is 0 Å². The molecule has 1 amide bonds. The molecule has 3 heteroatoms. The summed E-state index contributed by atoms with van der Waals surface area (Å²) in [6.07, 6.45) is 0.983. The molecule has 1 rings (SSSR count). The summed E-state index contributed by atoms with van der Waals surface area (Å²) in [5.41, 5.74) is 0.769. The minimum absolute atomic E-state index is 0.122. The van der Waals surface area contributed by atoms with Crippen molar-refractivity contribution in [1.82, 2.24) is 4.90 Å². The molecule has 0 radical (unpaired) electrons. The van der Waals surface area contributed by atoms with E-state index in [4.69, 9.17) is 0 Å². The fraction of sp³-hybridized carbons (Fsp3) is 0.462. The highest BCUT2D eigenvalue weighted by Gasteiger charge is 2.17. The summed E-state index contributed by atoms with van der Waals surface area (Å²) < 4.78 is 0. The van der Waals surface area contributed by atoms with Crippen LogP contribution in [0.3, 0.4) is 0 Å². The quantitative estimate of drug-likeness (QED) is 0.759. The van der Waals surface area contributed by atoms with E-state index in [1.807, 2.05) is 35.2 Å². The van der Waals surface area contributed by atoms with E-state index in [2.05, 4.69) is 29.8 Å². The summed E-state index contributed by atoms with van der Waals surface area (Å²) in [5, 5.41) is 0.929. The number of halogens is 1. The molecule has 0 spiro atoms. The van der Waals surface area contributed by atoms with Gasteiger partial charge in [0.25, 0.3) is 5.91 Å². The van der Waals surface area contributed by atoms with Crippen molar-refractivity contribution in [2.24, 2.45) is 0 Å². The number of carbonyl (C=O) groups is 1. The third kappa shape index (κ3) is 3.63. The molecular formula is C13H18BrNO. The SMILES string of the molecule is CC(C)N(CCCBr)C(=O)c1ccccc1. The number of nitrogens with zero attached hydrogens (tertiary/aromatic N) is 1. The van der Waals surface area contributed by atoms with Gasteiger partial charge in [-0.2, -0.15) is 0 Å². The summed E-state index contributed by atoms with van der Waals surface area (Å²) in [6, 6.07) is 9.70. The Morgan fingerprint density at radius 1 is 1.31 bits per heavy atom. The van der Waals surface area contributed by atoms with E-state index in [9.17, 15) is 4.79 Å². The van der Waals surface area contributed by atoms with Gasteiger partial charge in [-0.25, -0.2) is 0 Å². The highest BCUT2D eigenvalue weighted by atomic mass is 79.9. The largest absolute Gasteiger partial charge is 0.336 e. The topological polar surface area (TPSA) is 20.3 Å². The third-order valence-electron chi connectivity index (χ3n) is 2.44. The van der Waals surface area contributed by atoms with E-state index in [0.717, 1.165) is 23.9 Å². The highest BCUT2D eigenvalue weighted by molar-refractivity contribution is 9.09. The zero-order chi connectivity index (χ0) is 12.0. The molecular weight excluding hydrogens is 266 g/mol. The maximum absolute atomic E-state index is 12.2. The molecule has 0 aromatic heterocycles. The van der Waals surface area contributed by atoms with Crippen LogP contribution in [0, 0.1) is 0 Å². The maximum atomic E-state index is 12.2. The molecule has 0 bridgehead atoms. The zero-order valence-corrected chi connectivity index (χ0v) is 11.4. The second kappa shape index (κ2) is 6.69. The molecule has 0 aliphatic carbocycles.